The maximum Gasteiger partial charge on any atom is 0.152 e. The molecule has 0 aromatic rings. The Labute approximate surface area is 90.4 Å². The largest absolute Gasteiger partial charge is 0.231 e. The Bertz CT molecular complexity index is 139. The molecule has 0 aromatic heterocycles. The number of hydrogen-bond donors (Lipinski definition) is 1. The van der Waals surface area contributed by atoms with Gasteiger partial charge >= 0.3 is 0 Å². The smallest absolute Gasteiger partial charge is 0.152 e. The molecule has 10 heavy (non-hydrogen) atoms. The van der Waals surface area contributed by atoms with Crippen molar-refractivity contribution in [3.05, 3.63) is 0 Å². The summed E-state index contributed by atoms with van der Waals surface area (Å²) in [5, 5.41) is 0. The zero-order valence-corrected chi connectivity index (χ0v) is 10.6. The van der Waals surface area contributed by atoms with Crippen LogP contribution in [0, 0.1) is 0 Å². The summed E-state index contributed by atoms with van der Waals surface area (Å²) >= 11 is 4.27. The molecule has 0 aliphatic carbocycles. The van der Waals surface area contributed by atoms with Gasteiger partial charge in [0.2, 0.25) is 0 Å². The zero-order chi connectivity index (χ0) is 7.98. The molecule has 0 amide bonds. The minimum atomic E-state index is -2.19. The van der Waals surface area contributed by atoms with E-state index in [-0.39, 0.29) is 3.26 Å². The third-order valence-electron chi connectivity index (χ3n) is 1.05. The fourth-order valence-electron chi connectivity index (χ4n) is 0.513. The van der Waals surface area contributed by atoms with Gasteiger partial charge in [-0.05, 0) is 17.3 Å². The van der Waals surface area contributed by atoms with Gasteiger partial charge in [-0.25, -0.2) is 8.42 Å². The van der Waals surface area contributed by atoms with Crippen molar-refractivity contribution in [1.29, 1.82) is 0 Å². The van der Waals surface area contributed by atoms with Gasteiger partial charge in [-0.2, -0.15) is 0 Å². The van der Waals surface area contributed by atoms with E-state index >= 15 is 0 Å². The number of thiol groups is 1. The Hall–Kier alpha value is 1.41. The van der Waals surface area contributed by atoms with E-state index in [4.69, 9.17) is 0 Å². The molecule has 0 rings (SSSR count). The second kappa shape index (κ2) is 7.08. The second-order valence-electron chi connectivity index (χ2n) is 1.90. The quantitative estimate of drug-likeness (QED) is 0.338. The van der Waals surface area contributed by atoms with E-state index in [2.05, 4.69) is 22.6 Å². The molecule has 5 heteroatoms. The van der Waals surface area contributed by atoms with Crippen LogP contribution in [0.25, 0.3) is 0 Å². The summed E-state index contributed by atoms with van der Waals surface area (Å²) < 4.78 is 21.6. The predicted molar refractivity (Wildman–Crippen MR) is 60.9 cm³/mol. The van der Waals surface area contributed by atoms with Crippen LogP contribution < -0.4 is 0 Å². The van der Waals surface area contributed by atoms with E-state index in [1.807, 2.05) is 22.6 Å². The molecular weight excluding hydrogens is 378 g/mol. The molecule has 2 nitrogen and oxygen atoms in total. The third kappa shape index (κ3) is 6.14. The van der Waals surface area contributed by atoms with E-state index in [0.29, 0.717) is 0 Å². The van der Waals surface area contributed by atoms with Crippen molar-refractivity contribution < 1.29 is 8.42 Å². The minimum Gasteiger partial charge on any atom is -0.231 e. The standard InChI is InChI=1S/C5H10I2O2S/c6-4-2-1-3-5(7)10(8)9/h5,10H,1-4H2/t5-/m0/s1. The van der Waals surface area contributed by atoms with Gasteiger partial charge < -0.3 is 0 Å². The fraction of sp³-hybridized carbons (Fsp3) is 1.00. The Morgan fingerprint density at radius 3 is 2.30 bits per heavy atom. The van der Waals surface area contributed by atoms with Crippen LogP contribution in [0.1, 0.15) is 19.3 Å². The first-order valence-electron chi connectivity index (χ1n) is 3.02. The molecule has 0 N–H and O–H groups in total. The third-order valence-corrected chi connectivity index (χ3v) is 4.52. The number of alkyl halides is 2. The summed E-state index contributed by atoms with van der Waals surface area (Å²) in [6.07, 6.45) is 2.96. The lowest BCUT2D eigenvalue weighted by Crippen LogP contribution is -1.98. The van der Waals surface area contributed by atoms with Crippen LogP contribution in [0.2, 0.25) is 0 Å². The predicted octanol–water partition coefficient (Wildman–Crippen LogP) is 1.96. The minimum absolute atomic E-state index is 0.157. The molecule has 0 aliphatic rings. The van der Waals surface area contributed by atoms with E-state index in [0.717, 1.165) is 23.7 Å². The van der Waals surface area contributed by atoms with Gasteiger partial charge in [0.05, 0.1) is 0 Å². The summed E-state index contributed by atoms with van der Waals surface area (Å²) in [6.45, 7) is 0. The van der Waals surface area contributed by atoms with Crippen molar-refractivity contribution >= 4 is 55.9 Å². The van der Waals surface area contributed by atoms with Gasteiger partial charge in [0.15, 0.2) is 10.7 Å². The summed E-state index contributed by atoms with van der Waals surface area (Å²) in [7, 11) is -2.19. The van der Waals surface area contributed by atoms with Crippen LogP contribution in [0.4, 0.5) is 0 Å². The van der Waals surface area contributed by atoms with Gasteiger partial charge in [0.1, 0.15) is 3.26 Å². The van der Waals surface area contributed by atoms with Gasteiger partial charge in [0, 0.05) is 0 Å². The highest BCUT2D eigenvalue weighted by Crippen LogP contribution is 2.11. The maximum absolute atomic E-state index is 10.3. The Morgan fingerprint density at radius 1 is 1.30 bits per heavy atom. The molecule has 0 aromatic carbocycles. The molecule has 0 spiro atoms. The average Bonchev–Trinajstić information content (AvgIpc) is 1.88. The SMILES string of the molecule is O=[SH](=O)[C@H](I)CCCCI. The fourth-order valence-corrected chi connectivity index (χ4v) is 1.89. The van der Waals surface area contributed by atoms with E-state index < -0.39 is 10.7 Å². The molecule has 0 saturated heterocycles. The van der Waals surface area contributed by atoms with Crippen molar-refractivity contribution in [2.24, 2.45) is 0 Å². The van der Waals surface area contributed by atoms with Crippen LogP contribution >= 0.6 is 45.2 Å². The summed E-state index contributed by atoms with van der Waals surface area (Å²) in [4.78, 5) is 0. The highest BCUT2D eigenvalue weighted by molar-refractivity contribution is 14.1. The number of rotatable bonds is 5. The number of halogens is 2. The zero-order valence-electron chi connectivity index (χ0n) is 5.43. The normalized spacial score (nSPS) is 13.9. The van der Waals surface area contributed by atoms with Crippen molar-refractivity contribution in [3.8, 4) is 0 Å². The van der Waals surface area contributed by atoms with Crippen LogP contribution in [0.5, 0.6) is 0 Å². The molecule has 0 unspecified atom stereocenters. The molecular formula is C5H10I2O2S. The molecule has 1 atom stereocenters. The van der Waals surface area contributed by atoms with Gasteiger partial charge in [-0.1, -0.05) is 51.6 Å². The van der Waals surface area contributed by atoms with E-state index in [1.165, 1.54) is 0 Å². The average molecular weight is 388 g/mol. The second-order valence-corrected chi connectivity index (χ2v) is 6.67. The van der Waals surface area contributed by atoms with Crippen molar-refractivity contribution in [2.45, 2.75) is 22.5 Å². The lowest BCUT2D eigenvalue weighted by atomic mass is 10.3. The van der Waals surface area contributed by atoms with Crippen LogP contribution in [0.3, 0.4) is 0 Å². The van der Waals surface area contributed by atoms with Crippen LogP contribution in [0.15, 0.2) is 0 Å². The van der Waals surface area contributed by atoms with Crippen molar-refractivity contribution in [1.82, 2.24) is 0 Å². The number of hydrogen-bond acceptors (Lipinski definition) is 2. The first-order chi connectivity index (χ1) is 4.68. The van der Waals surface area contributed by atoms with E-state index in [1.54, 1.807) is 0 Å². The topological polar surface area (TPSA) is 34.1 Å². The molecule has 0 saturated carbocycles. The summed E-state index contributed by atoms with van der Waals surface area (Å²) in [6, 6.07) is 0. The monoisotopic (exact) mass is 388 g/mol. The van der Waals surface area contributed by atoms with Crippen molar-refractivity contribution in [3.63, 3.8) is 0 Å². The van der Waals surface area contributed by atoms with Gasteiger partial charge in [0.25, 0.3) is 0 Å². The first kappa shape index (κ1) is 11.4. The Morgan fingerprint density at radius 2 is 1.90 bits per heavy atom. The molecule has 0 radical (unpaired) electrons. The van der Waals surface area contributed by atoms with Crippen LogP contribution in [-0.2, 0) is 10.7 Å². The van der Waals surface area contributed by atoms with Gasteiger partial charge in [-0.3, -0.25) is 0 Å². The molecule has 0 fully saturated rings. The van der Waals surface area contributed by atoms with Crippen LogP contribution in [-0.4, -0.2) is 16.1 Å². The maximum atomic E-state index is 10.3. The van der Waals surface area contributed by atoms with E-state index in [9.17, 15) is 8.42 Å². The summed E-state index contributed by atoms with van der Waals surface area (Å²) in [5.74, 6) is 0. The molecule has 0 heterocycles. The number of unbranched alkanes of at least 4 members (excludes halogenated alkanes) is 1. The lowest BCUT2D eigenvalue weighted by Gasteiger charge is -1.98. The Kier molecular flexibility index (Phi) is 8.08. The molecule has 0 aliphatic heterocycles. The highest BCUT2D eigenvalue weighted by Gasteiger charge is 2.04. The van der Waals surface area contributed by atoms with Gasteiger partial charge in [-0.15, -0.1) is 0 Å². The molecule has 0 bridgehead atoms. The Balaban J connectivity index is 3.30. The lowest BCUT2D eigenvalue weighted by molar-refractivity contribution is 0.608. The van der Waals surface area contributed by atoms with Crippen molar-refractivity contribution in [2.75, 3.05) is 4.43 Å². The summed E-state index contributed by atoms with van der Waals surface area (Å²) in [5.41, 5.74) is 0. The molecule has 62 valence electrons. The first-order valence-corrected chi connectivity index (χ1v) is 7.03. The highest BCUT2D eigenvalue weighted by atomic mass is 127.